The van der Waals surface area contributed by atoms with Crippen molar-refractivity contribution in [2.45, 2.75) is 19.4 Å². The van der Waals surface area contributed by atoms with Crippen LogP contribution in [0.15, 0.2) is 18.3 Å². The van der Waals surface area contributed by atoms with E-state index in [0.717, 1.165) is 38.4 Å². The molecule has 2 heterocycles. The molecule has 20 heavy (non-hydrogen) atoms. The number of rotatable bonds is 4. The number of amides is 1. The molecule has 1 fully saturated rings. The maximum absolute atomic E-state index is 11.0. The smallest absolute Gasteiger partial charge is 0.250 e. The average molecular weight is 273 g/mol. The first-order valence-electron chi connectivity index (χ1n) is 6.80. The summed E-state index contributed by atoms with van der Waals surface area (Å²) in [5, 5.41) is 9.08. The third-order valence-corrected chi connectivity index (χ3v) is 3.65. The fourth-order valence-electron chi connectivity index (χ4n) is 2.41. The summed E-state index contributed by atoms with van der Waals surface area (Å²) in [6.07, 6.45) is 2.36. The largest absolute Gasteiger partial charge is 0.366 e. The van der Waals surface area contributed by atoms with Crippen LogP contribution in [0.5, 0.6) is 0 Å². The molecule has 1 aliphatic rings. The van der Waals surface area contributed by atoms with Gasteiger partial charge in [0, 0.05) is 32.4 Å². The van der Waals surface area contributed by atoms with Gasteiger partial charge in [0.2, 0.25) is 5.91 Å². The lowest BCUT2D eigenvalue weighted by atomic mass is 10.2. The van der Waals surface area contributed by atoms with Crippen molar-refractivity contribution in [2.24, 2.45) is 5.73 Å². The highest BCUT2D eigenvalue weighted by molar-refractivity contribution is 5.92. The van der Waals surface area contributed by atoms with Gasteiger partial charge in [0.05, 0.1) is 17.7 Å². The highest BCUT2D eigenvalue weighted by Gasteiger charge is 2.23. The lowest BCUT2D eigenvalue weighted by Gasteiger charge is -2.37. The van der Waals surface area contributed by atoms with Gasteiger partial charge in [0.1, 0.15) is 5.82 Å². The number of nitrogens with two attached hydrogens (primary N) is 1. The van der Waals surface area contributed by atoms with Crippen molar-refractivity contribution >= 4 is 11.7 Å². The van der Waals surface area contributed by atoms with Gasteiger partial charge < -0.3 is 10.6 Å². The molecule has 1 saturated heterocycles. The van der Waals surface area contributed by atoms with E-state index in [1.165, 1.54) is 6.20 Å². The Morgan fingerprint density at radius 2 is 2.15 bits per heavy atom. The first-order chi connectivity index (χ1) is 9.65. The summed E-state index contributed by atoms with van der Waals surface area (Å²) in [5.74, 6) is 0.383. The molecule has 0 spiro atoms. The number of nitriles is 1. The van der Waals surface area contributed by atoms with E-state index in [1.807, 2.05) is 13.0 Å². The van der Waals surface area contributed by atoms with Gasteiger partial charge in [-0.2, -0.15) is 5.26 Å². The first-order valence-corrected chi connectivity index (χ1v) is 6.80. The number of hydrogen-bond donors (Lipinski definition) is 1. The Hall–Kier alpha value is -2.13. The van der Waals surface area contributed by atoms with Crippen molar-refractivity contribution in [3.8, 4) is 6.07 Å². The van der Waals surface area contributed by atoms with Gasteiger partial charge in [-0.1, -0.05) is 6.92 Å². The predicted octanol–water partition coefficient (Wildman–Crippen LogP) is 0.605. The van der Waals surface area contributed by atoms with Crippen LogP contribution in [-0.2, 0) is 0 Å². The minimum Gasteiger partial charge on any atom is -0.366 e. The normalized spacial score (nSPS) is 17.5. The van der Waals surface area contributed by atoms with Gasteiger partial charge in [-0.15, -0.1) is 0 Å². The summed E-state index contributed by atoms with van der Waals surface area (Å²) < 4.78 is 0. The molecule has 1 aromatic heterocycles. The van der Waals surface area contributed by atoms with E-state index in [-0.39, 0.29) is 6.04 Å². The van der Waals surface area contributed by atoms with E-state index in [9.17, 15) is 4.79 Å². The Morgan fingerprint density at radius 3 is 2.60 bits per heavy atom. The summed E-state index contributed by atoms with van der Waals surface area (Å²) in [4.78, 5) is 19.6. The summed E-state index contributed by atoms with van der Waals surface area (Å²) in [6, 6.07) is 5.85. The monoisotopic (exact) mass is 273 g/mol. The number of carbonyl (C=O) groups is 1. The maximum atomic E-state index is 11.0. The lowest BCUT2D eigenvalue weighted by molar-refractivity contribution is 0.1000. The second-order valence-electron chi connectivity index (χ2n) is 4.85. The Kier molecular flexibility index (Phi) is 4.53. The molecule has 0 aliphatic carbocycles. The molecule has 2 rings (SSSR count). The number of anilines is 1. The molecule has 0 bridgehead atoms. The van der Waals surface area contributed by atoms with Crippen molar-refractivity contribution in [3.05, 3.63) is 23.9 Å². The zero-order valence-corrected chi connectivity index (χ0v) is 11.6. The summed E-state index contributed by atoms with van der Waals surface area (Å²) in [7, 11) is 0. The summed E-state index contributed by atoms with van der Waals surface area (Å²) in [6.45, 7) is 5.41. The Balaban J connectivity index is 1.97. The minimum absolute atomic E-state index is 0.00217. The second-order valence-corrected chi connectivity index (χ2v) is 4.85. The molecule has 1 aromatic rings. The maximum Gasteiger partial charge on any atom is 0.250 e. The van der Waals surface area contributed by atoms with Crippen LogP contribution in [0.2, 0.25) is 0 Å². The minimum atomic E-state index is -0.464. The number of pyridine rings is 1. The summed E-state index contributed by atoms with van der Waals surface area (Å²) in [5.41, 5.74) is 5.61. The number of primary amides is 1. The molecule has 6 heteroatoms. The van der Waals surface area contributed by atoms with E-state index in [1.54, 1.807) is 6.07 Å². The number of carbonyl (C=O) groups excluding carboxylic acids is 1. The van der Waals surface area contributed by atoms with Gasteiger partial charge in [-0.3, -0.25) is 9.69 Å². The Bertz CT molecular complexity index is 499. The number of nitrogens with zero attached hydrogens (tertiary/aromatic N) is 4. The molecule has 1 unspecified atom stereocenters. The van der Waals surface area contributed by atoms with Crippen LogP contribution in [0.4, 0.5) is 5.82 Å². The Morgan fingerprint density at radius 1 is 1.45 bits per heavy atom. The highest BCUT2D eigenvalue weighted by atomic mass is 16.1. The molecule has 6 nitrogen and oxygen atoms in total. The molecular weight excluding hydrogens is 254 g/mol. The molecule has 1 atom stereocenters. The van der Waals surface area contributed by atoms with Crippen LogP contribution in [0, 0.1) is 11.3 Å². The zero-order valence-electron chi connectivity index (χ0n) is 11.6. The van der Waals surface area contributed by atoms with Crippen molar-refractivity contribution in [1.29, 1.82) is 5.26 Å². The van der Waals surface area contributed by atoms with E-state index in [4.69, 9.17) is 11.0 Å². The molecule has 0 saturated carbocycles. The van der Waals surface area contributed by atoms with Crippen LogP contribution in [-0.4, -0.2) is 48.0 Å². The lowest BCUT2D eigenvalue weighted by Crippen LogP contribution is -2.50. The van der Waals surface area contributed by atoms with Crippen LogP contribution in [0.1, 0.15) is 23.7 Å². The van der Waals surface area contributed by atoms with Gasteiger partial charge in [0.15, 0.2) is 0 Å². The molecule has 0 aromatic carbocycles. The van der Waals surface area contributed by atoms with Gasteiger partial charge in [0.25, 0.3) is 0 Å². The number of aromatic nitrogens is 1. The van der Waals surface area contributed by atoms with E-state index >= 15 is 0 Å². The van der Waals surface area contributed by atoms with Crippen molar-refractivity contribution in [1.82, 2.24) is 9.88 Å². The number of hydrogen-bond acceptors (Lipinski definition) is 5. The first kappa shape index (κ1) is 14.3. The van der Waals surface area contributed by atoms with Crippen LogP contribution in [0.25, 0.3) is 0 Å². The van der Waals surface area contributed by atoms with Gasteiger partial charge in [-0.05, 0) is 18.6 Å². The van der Waals surface area contributed by atoms with E-state index in [0.29, 0.717) is 5.56 Å². The fraction of sp³-hybridized carbons (Fsp3) is 0.500. The third-order valence-electron chi connectivity index (χ3n) is 3.65. The van der Waals surface area contributed by atoms with Gasteiger partial charge in [-0.25, -0.2) is 4.98 Å². The van der Waals surface area contributed by atoms with Crippen LogP contribution < -0.4 is 10.6 Å². The van der Waals surface area contributed by atoms with Crippen molar-refractivity contribution < 1.29 is 4.79 Å². The standard InChI is InChI=1S/C14H19N5O/c1-2-12(9-15)18-5-7-19(8-6-18)13-4-3-11(10-17-13)14(16)20/h3-4,10,12H,2,5-8H2,1H3,(H2,16,20). The van der Waals surface area contributed by atoms with Gasteiger partial charge >= 0.3 is 0 Å². The molecule has 0 radical (unpaired) electrons. The molecule has 1 amide bonds. The quantitative estimate of drug-likeness (QED) is 0.868. The third kappa shape index (κ3) is 3.06. The molecule has 1 aliphatic heterocycles. The number of piperazine rings is 1. The van der Waals surface area contributed by atoms with Crippen LogP contribution >= 0.6 is 0 Å². The van der Waals surface area contributed by atoms with E-state index < -0.39 is 5.91 Å². The molecule has 106 valence electrons. The topological polar surface area (TPSA) is 86.3 Å². The molecule has 2 N–H and O–H groups in total. The Labute approximate surface area is 118 Å². The highest BCUT2D eigenvalue weighted by Crippen LogP contribution is 2.15. The fourth-order valence-corrected chi connectivity index (χ4v) is 2.41. The van der Waals surface area contributed by atoms with E-state index in [2.05, 4.69) is 20.9 Å². The predicted molar refractivity (Wildman–Crippen MR) is 76.2 cm³/mol. The SMILES string of the molecule is CCC(C#N)N1CCN(c2ccc(C(N)=O)cn2)CC1. The zero-order chi connectivity index (χ0) is 14.5. The average Bonchev–Trinajstić information content (AvgIpc) is 2.49. The summed E-state index contributed by atoms with van der Waals surface area (Å²) >= 11 is 0. The van der Waals surface area contributed by atoms with Crippen molar-refractivity contribution in [3.63, 3.8) is 0 Å². The van der Waals surface area contributed by atoms with Crippen LogP contribution in [0.3, 0.4) is 0 Å². The molecular formula is C14H19N5O. The van der Waals surface area contributed by atoms with Crippen molar-refractivity contribution in [2.75, 3.05) is 31.1 Å². The second kappa shape index (κ2) is 6.35.